The van der Waals surface area contributed by atoms with Crippen molar-refractivity contribution < 1.29 is 14.3 Å². The minimum atomic E-state index is -0.594. The molecule has 0 saturated heterocycles. The first-order chi connectivity index (χ1) is 9.99. The van der Waals surface area contributed by atoms with Gasteiger partial charge in [0, 0.05) is 19.2 Å². The Kier molecular flexibility index (Phi) is 7.40. The number of nitrogens with one attached hydrogen (secondary N) is 1. The molecule has 0 bridgehead atoms. The fraction of sp³-hybridized carbons (Fsp3) is 0.588. The molecule has 118 valence electrons. The van der Waals surface area contributed by atoms with Crippen LogP contribution in [0, 0.1) is 5.92 Å². The maximum absolute atomic E-state index is 11.9. The van der Waals surface area contributed by atoms with Crippen LogP contribution in [0.25, 0.3) is 0 Å². The van der Waals surface area contributed by atoms with Crippen molar-refractivity contribution in [2.24, 2.45) is 5.92 Å². The predicted molar refractivity (Wildman–Crippen MR) is 84.0 cm³/mol. The van der Waals surface area contributed by atoms with Gasteiger partial charge in [0.15, 0.2) is 6.10 Å². The molecule has 0 heterocycles. The summed E-state index contributed by atoms with van der Waals surface area (Å²) in [4.78, 5) is 11.9. The lowest BCUT2D eigenvalue weighted by Gasteiger charge is -2.29. The number of hydrogen-bond acceptors (Lipinski definition) is 4. The van der Waals surface area contributed by atoms with Crippen LogP contribution in [-0.4, -0.2) is 32.3 Å². The van der Waals surface area contributed by atoms with E-state index in [-0.39, 0.29) is 18.1 Å². The van der Waals surface area contributed by atoms with Crippen molar-refractivity contribution in [2.75, 3.05) is 14.2 Å². The standard InChI is InChI=1S/C17H27NO3/c1-12(2)11-15(16(20-4)17(19)21-5)18-13(3)14-9-7-6-8-10-14/h6-10,12-13,15-16,18H,11H2,1-5H3/t13-,15-,16+/m1/s1. The summed E-state index contributed by atoms with van der Waals surface area (Å²) in [7, 11) is 2.94. The molecule has 21 heavy (non-hydrogen) atoms. The van der Waals surface area contributed by atoms with E-state index in [4.69, 9.17) is 9.47 Å². The van der Waals surface area contributed by atoms with Crippen LogP contribution in [0.3, 0.4) is 0 Å². The third-order valence-corrected chi connectivity index (χ3v) is 3.54. The number of ether oxygens (including phenoxy) is 2. The Balaban J connectivity index is 2.84. The van der Waals surface area contributed by atoms with E-state index in [1.807, 2.05) is 18.2 Å². The maximum atomic E-state index is 11.9. The van der Waals surface area contributed by atoms with Crippen LogP contribution in [-0.2, 0) is 14.3 Å². The second kappa shape index (κ2) is 8.80. The third kappa shape index (κ3) is 5.48. The SMILES string of the molecule is COC(=O)[C@@H](OC)[C@@H](CC(C)C)N[C@H](C)c1ccccc1. The van der Waals surface area contributed by atoms with Crippen LogP contribution in [0.4, 0.5) is 0 Å². The molecule has 0 saturated carbocycles. The van der Waals surface area contributed by atoms with Crippen LogP contribution < -0.4 is 5.32 Å². The quantitative estimate of drug-likeness (QED) is 0.749. The molecule has 0 aliphatic rings. The minimum absolute atomic E-state index is 0.0855. The molecule has 0 aliphatic carbocycles. The summed E-state index contributed by atoms with van der Waals surface area (Å²) in [6, 6.07) is 10.2. The van der Waals surface area contributed by atoms with Gasteiger partial charge in [0.05, 0.1) is 7.11 Å². The number of methoxy groups -OCH3 is 2. The Hall–Kier alpha value is -1.39. The Morgan fingerprint density at radius 3 is 2.24 bits per heavy atom. The van der Waals surface area contributed by atoms with Gasteiger partial charge in [0.25, 0.3) is 0 Å². The molecular formula is C17H27NO3. The summed E-state index contributed by atoms with van der Waals surface area (Å²) in [5, 5.41) is 3.50. The van der Waals surface area contributed by atoms with E-state index in [9.17, 15) is 4.79 Å². The van der Waals surface area contributed by atoms with Gasteiger partial charge >= 0.3 is 5.97 Å². The van der Waals surface area contributed by atoms with E-state index in [2.05, 4.69) is 38.2 Å². The molecule has 4 nitrogen and oxygen atoms in total. The summed E-state index contributed by atoms with van der Waals surface area (Å²) >= 11 is 0. The number of benzene rings is 1. The Morgan fingerprint density at radius 2 is 1.76 bits per heavy atom. The predicted octanol–water partition coefficient (Wildman–Crippen LogP) is 2.94. The first kappa shape index (κ1) is 17.7. The van der Waals surface area contributed by atoms with Gasteiger partial charge in [-0.15, -0.1) is 0 Å². The number of rotatable bonds is 8. The van der Waals surface area contributed by atoms with Crippen molar-refractivity contribution in [2.45, 2.75) is 45.4 Å². The molecule has 1 aromatic carbocycles. The van der Waals surface area contributed by atoms with Crippen molar-refractivity contribution >= 4 is 5.97 Å². The van der Waals surface area contributed by atoms with E-state index < -0.39 is 6.10 Å². The normalized spacial score (nSPS) is 15.5. The zero-order valence-corrected chi connectivity index (χ0v) is 13.6. The molecule has 0 aliphatic heterocycles. The van der Waals surface area contributed by atoms with Gasteiger partial charge in [-0.3, -0.25) is 0 Å². The van der Waals surface area contributed by atoms with Crippen LogP contribution in [0.2, 0.25) is 0 Å². The molecule has 1 aromatic rings. The maximum Gasteiger partial charge on any atom is 0.336 e. The van der Waals surface area contributed by atoms with E-state index in [0.29, 0.717) is 5.92 Å². The average molecular weight is 293 g/mol. The fourth-order valence-electron chi connectivity index (χ4n) is 2.49. The lowest BCUT2D eigenvalue weighted by Crippen LogP contribution is -2.47. The molecule has 0 radical (unpaired) electrons. The van der Waals surface area contributed by atoms with Crippen LogP contribution in [0.1, 0.15) is 38.8 Å². The van der Waals surface area contributed by atoms with Gasteiger partial charge in [-0.25, -0.2) is 4.79 Å². The molecule has 0 unspecified atom stereocenters. The molecule has 0 fully saturated rings. The van der Waals surface area contributed by atoms with Crippen molar-refractivity contribution in [3.05, 3.63) is 35.9 Å². The third-order valence-electron chi connectivity index (χ3n) is 3.54. The van der Waals surface area contributed by atoms with Crippen LogP contribution >= 0.6 is 0 Å². The molecule has 0 amide bonds. The zero-order valence-electron chi connectivity index (χ0n) is 13.6. The molecule has 0 spiro atoms. The first-order valence-corrected chi connectivity index (χ1v) is 7.41. The molecule has 1 N–H and O–H groups in total. The summed E-state index contributed by atoms with van der Waals surface area (Å²) in [6.45, 7) is 6.35. The smallest absolute Gasteiger partial charge is 0.336 e. The van der Waals surface area contributed by atoms with Crippen molar-refractivity contribution in [3.63, 3.8) is 0 Å². The van der Waals surface area contributed by atoms with Crippen LogP contribution in [0.5, 0.6) is 0 Å². The number of esters is 1. The van der Waals surface area contributed by atoms with Crippen LogP contribution in [0.15, 0.2) is 30.3 Å². The van der Waals surface area contributed by atoms with Crippen molar-refractivity contribution in [3.8, 4) is 0 Å². The second-order valence-electron chi connectivity index (χ2n) is 5.71. The monoisotopic (exact) mass is 293 g/mol. The average Bonchev–Trinajstić information content (AvgIpc) is 2.47. The summed E-state index contributed by atoms with van der Waals surface area (Å²) in [6.07, 6.45) is 0.244. The number of hydrogen-bond donors (Lipinski definition) is 1. The minimum Gasteiger partial charge on any atom is -0.467 e. The summed E-state index contributed by atoms with van der Waals surface area (Å²) in [5.74, 6) is 0.115. The number of carbonyl (C=O) groups excluding carboxylic acids is 1. The van der Waals surface area contributed by atoms with Gasteiger partial charge in [-0.1, -0.05) is 44.2 Å². The zero-order chi connectivity index (χ0) is 15.8. The highest BCUT2D eigenvalue weighted by Gasteiger charge is 2.30. The molecule has 0 aromatic heterocycles. The molecule has 4 heteroatoms. The topological polar surface area (TPSA) is 47.6 Å². The van der Waals surface area contributed by atoms with Gasteiger partial charge in [-0.05, 0) is 24.8 Å². The highest BCUT2D eigenvalue weighted by atomic mass is 16.6. The van der Waals surface area contributed by atoms with E-state index in [1.165, 1.54) is 12.7 Å². The molecule has 3 atom stereocenters. The number of carbonyl (C=O) groups is 1. The van der Waals surface area contributed by atoms with Gasteiger partial charge < -0.3 is 14.8 Å². The Labute approximate surface area is 127 Å². The van der Waals surface area contributed by atoms with Crippen molar-refractivity contribution in [1.82, 2.24) is 5.32 Å². The Morgan fingerprint density at radius 1 is 1.14 bits per heavy atom. The van der Waals surface area contributed by atoms with Crippen molar-refractivity contribution in [1.29, 1.82) is 0 Å². The summed E-state index contributed by atoms with van der Waals surface area (Å²) < 4.78 is 10.2. The largest absolute Gasteiger partial charge is 0.467 e. The fourth-order valence-corrected chi connectivity index (χ4v) is 2.49. The highest BCUT2D eigenvalue weighted by Crippen LogP contribution is 2.18. The van der Waals surface area contributed by atoms with E-state index in [1.54, 1.807) is 7.11 Å². The van der Waals surface area contributed by atoms with Gasteiger partial charge in [-0.2, -0.15) is 0 Å². The summed E-state index contributed by atoms with van der Waals surface area (Å²) in [5.41, 5.74) is 1.19. The van der Waals surface area contributed by atoms with E-state index >= 15 is 0 Å². The lowest BCUT2D eigenvalue weighted by molar-refractivity contribution is -0.154. The van der Waals surface area contributed by atoms with E-state index in [0.717, 1.165) is 6.42 Å². The Bertz CT molecular complexity index is 419. The van der Waals surface area contributed by atoms with Gasteiger partial charge in [0.2, 0.25) is 0 Å². The second-order valence-corrected chi connectivity index (χ2v) is 5.71. The first-order valence-electron chi connectivity index (χ1n) is 7.41. The molecular weight excluding hydrogens is 266 g/mol. The highest BCUT2D eigenvalue weighted by molar-refractivity contribution is 5.75. The van der Waals surface area contributed by atoms with Gasteiger partial charge in [0.1, 0.15) is 0 Å². The molecule has 1 rings (SSSR count). The lowest BCUT2D eigenvalue weighted by atomic mass is 9.97.